The smallest absolute Gasteiger partial charge is 0.321 e. The van der Waals surface area contributed by atoms with Crippen LogP contribution in [0.25, 0.3) is 0 Å². The molecule has 1 atom stereocenters. The molecule has 0 aliphatic carbocycles. The number of nitrogens with zero attached hydrogens (tertiary/aromatic N) is 1. The second kappa shape index (κ2) is 8.64. The normalized spacial score (nSPS) is 17.5. The van der Waals surface area contributed by atoms with E-state index < -0.39 is 12.1 Å². The maximum atomic E-state index is 11.8. The van der Waals surface area contributed by atoms with Gasteiger partial charge in [-0.25, -0.2) is 4.79 Å². The van der Waals surface area contributed by atoms with E-state index in [2.05, 4.69) is 10.6 Å². The summed E-state index contributed by atoms with van der Waals surface area (Å²) in [5.74, 6) is -0.0851. The summed E-state index contributed by atoms with van der Waals surface area (Å²) >= 11 is 0. The van der Waals surface area contributed by atoms with Gasteiger partial charge in [-0.2, -0.15) is 0 Å². The molecule has 0 radical (unpaired) electrons. The highest BCUT2D eigenvalue weighted by Crippen LogP contribution is 2.30. The fraction of sp³-hybridized carbons (Fsp3) is 0.529. The van der Waals surface area contributed by atoms with Crippen molar-refractivity contribution in [3.63, 3.8) is 0 Å². The van der Waals surface area contributed by atoms with Crippen molar-refractivity contribution in [3.05, 3.63) is 35.9 Å². The molecule has 1 unspecified atom stereocenters. The lowest BCUT2D eigenvalue weighted by molar-refractivity contribution is -0.121. The predicted molar refractivity (Wildman–Crippen MR) is 87.8 cm³/mol. The monoisotopic (exact) mass is 319 g/mol. The van der Waals surface area contributed by atoms with Crippen molar-refractivity contribution in [1.29, 1.82) is 0 Å². The summed E-state index contributed by atoms with van der Waals surface area (Å²) in [7, 11) is 0. The highest BCUT2D eigenvalue weighted by atomic mass is 16.3. The van der Waals surface area contributed by atoms with Gasteiger partial charge in [0.05, 0.1) is 12.6 Å². The predicted octanol–water partition coefficient (Wildman–Crippen LogP) is 1.28. The molecule has 1 aromatic carbocycles. The Morgan fingerprint density at radius 1 is 1.26 bits per heavy atom. The maximum Gasteiger partial charge on any atom is 0.321 e. The van der Waals surface area contributed by atoms with E-state index in [0.29, 0.717) is 6.54 Å². The lowest BCUT2D eigenvalue weighted by Gasteiger charge is -2.33. The fourth-order valence-electron chi connectivity index (χ4n) is 2.92. The topological polar surface area (TPSA) is 81.7 Å². The maximum absolute atomic E-state index is 11.8. The van der Waals surface area contributed by atoms with Crippen molar-refractivity contribution < 1.29 is 14.7 Å². The lowest BCUT2D eigenvalue weighted by atomic mass is 9.87. The van der Waals surface area contributed by atoms with Gasteiger partial charge in [-0.05, 0) is 44.3 Å². The first kappa shape index (κ1) is 17.4. The van der Waals surface area contributed by atoms with Gasteiger partial charge in [0, 0.05) is 6.54 Å². The number of imide groups is 1. The summed E-state index contributed by atoms with van der Waals surface area (Å²) in [6.07, 6.45) is 1.22. The molecule has 23 heavy (non-hydrogen) atoms. The number of likely N-dealkylation sites (tertiary alicyclic amines) is 1. The fourth-order valence-corrected chi connectivity index (χ4v) is 2.92. The average Bonchev–Trinajstić information content (AvgIpc) is 2.56. The molecule has 1 heterocycles. The van der Waals surface area contributed by atoms with Crippen molar-refractivity contribution in [2.24, 2.45) is 5.92 Å². The van der Waals surface area contributed by atoms with Crippen LogP contribution < -0.4 is 10.6 Å². The number of hydrogen-bond acceptors (Lipinski definition) is 4. The molecule has 3 amide bonds. The Labute approximate surface area is 136 Å². The minimum Gasteiger partial charge on any atom is -0.388 e. The Bertz CT molecular complexity index is 513. The molecule has 1 aliphatic rings. The minimum atomic E-state index is -0.456. The number of urea groups is 1. The standard InChI is InChI=1S/C17H25N3O3/c1-2-18-17(23)19-15(21)12-20-10-8-14(9-11-20)16(22)13-6-4-3-5-7-13/h3-7,14,16,22H,2,8-12H2,1H3,(H2,18,19,21,23). The van der Waals surface area contributed by atoms with Crippen LogP contribution in [0.15, 0.2) is 30.3 Å². The van der Waals surface area contributed by atoms with Crippen LogP contribution in [0.5, 0.6) is 0 Å². The zero-order valence-corrected chi connectivity index (χ0v) is 13.5. The first-order valence-corrected chi connectivity index (χ1v) is 8.13. The first-order valence-electron chi connectivity index (χ1n) is 8.13. The third-order valence-corrected chi connectivity index (χ3v) is 4.18. The Hall–Kier alpha value is -1.92. The van der Waals surface area contributed by atoms with Crippen LogP contribution in [0.4, 0.5) is 4.79 Å². The summed E-state index contributed by atoms with van der Waals surface area (Å²) in [4.78, 5) is 25.1. The number of aliphatic hydroxyl groups excluding tert-OH is 1. The van der Waals surface area contributed by atoms with Crippen LogP contribution in [0.2, 0.25) is 0 Å². The molecule has 0 spiro atoms. The van der Waals surface area contributed by atoms with Crippen LogP contribution in [0.1, 0.15) is 31.4 Å². The number of carbonyl (C=O) groups is 2. The third-order valence-electron chi connectivity index (χ3n) is 4.18. The van der Waals surface area contributed by atoms with Gasteiger partial charge in [-0.15, -0.1) is 0 Å². The molecule has 1 aromatic rings. The van der Waals surface area contributed by atoms with Gasteiger partial charge in [0.15, 0.2) is 0 Å². The molecule has 1 aliphatic heterocycles. The van der Waals surface area contributed by atoms with Crippen LogP contribution in [-0.4, -0.2) is 48.1 Å². The van der Waals surface area contributed by atoms with Gasteiger partial charge in [0.1, 0.15) is 0 Å². The summed E-state index contributed by atoms with van der Waals surface area (Å²) in [6.45, 7) is 3.99. The number of piperidine rings is 1. The first-order chi connectivity index (χ1) is 11.1. The molecule has 6 nitrogen and oxygen atoms in total. The Balaban J connectivity index is 1.75. The molecule has 0 aromatic heterocycles. The lowest BCUT2D eigenvalue weighted by Crippen LogP contribution is -2.46. The van der Waals surface area contributed by atoms with Crippen LogP contribution in [0, 0.1) is 5.92 Å². The van der Waals surface area contributed by atoms with Gasteiger partial charge in [-0.3, -0.25) is 15.0 Å². The van der Waals surface area contributed by atoms with E-state index in [-0.39, 0.29) is 18.4 Å². The van der Waals surface area contributed by atoms with E-state index in [9.17, 15) is 14.7 Å². The van der Waals surface area contributed by atoms with Crippen LogP contribution >= 0.6 is 0 Å². The number of rotatable bonds is 5. The molecule has 0 saturated carbocycles. The van der Waals surface area contributed by atoms with Crippen molar-refractivity contribution >= 4 is 11.9 Å². The summed E-state index contributed by atoms with van der Waals surface area (Å²) in [6, 6.07) is 9.23. The Morgan fingerprint density at radius 3 is 2.52 bits per heavy atom. The third kappa shape index (κ3) is 5.33. The van der Waals surface area contributed by atoms with Gasteiger partial charge >= 0.3 is 6.03 Å². The van der Waals surface area contributed by atoms with Crippen molar-refractivity contribution in [2.75, 3.05) is 26.2 Å². The molecule has 1 fully saturated rings. The molecule has 6 heteroatoms. The minimum absolute atomic E-state index is 0.208. The van der Waals surface area contributed by atoms with Crippen LogP contribution in [-0.2, 0) is 4.79 Å². The van der Waals surface area contributed by atoms with E-state index in [1.807, 2.05) is 35.2 Å². The zero-order chi connectivity index (χ0) is 16.7. The van der Waals surface area contributed by atoms with Gasteiger partial charge in [0.2, 0.25) is 5.91 Å². The number of hydrogen-bond donors (Lipinski definition) is 3. The van der Waals surface area contributed by atoms with Gasteiger partial charge in [0.25, 0.3) is 0 Å². The largest absolute Gasteiger partial charge is 0.388 e. The molecular formula is C17H25N3O3. The quantitative estimate of drug-likeness (QED) is 0.763. The van der Waals surface area contributed by atoms with Crippen LogP contribution in [0.3, 0.4) is 0 Å². The zero-order valence-electron chi connectivity index (χ0n) is 13.5. The van der Waals surface area contributed by atoms with E-state index in [1.54, 1.807) is 6.92 Å². The number of aliphatic hydroxyl groups is 1. The molecule has 126 valence electrons. The summed E-state index contributed by atoms with van der Waals surface area (Å²) in [5.41, 5.74) is 0.944. The van der Waals surface area contributed by atoms with Crippen molar-refractivity contribution in [2.45, 2.75) is 25.9 Å². The van der Waals surface area contributed by atoms with Gasteiger partial charge < -0.3 is 10.4 Å². The number of nitrogens with one attached hydrogen (secondary N) is 2. The highest BCUT2D eigenvalue weighted by molar-refractivity contribution is 5.95. The van der Waals surface area contributed by atoms with E-state index in [4.69, 9.17) is 0 Å². The van der Waals surface area contributed by atoms with E-state index in [0.717, 1.165) is 31.5 Å². The summed E-state index contributed by atoms with van der Waals surface area (Å²) < 4.78 is 0. The molecule has 2 rings (SSSR count). The highest BCUT2D eigenvalue weighted by Gasteiger charge is 2.27. The SMILES string of the molecule is CCNC(=O)NC(=O)CN1CCC(C(O)c2ccccc2)CC1. The molecule has 3 N–H and O–H groups in total. The van der Waals surface area contributed by atoms with E-state index in [1.165, 1.54) is 0 Å². The van der Waals surface area contributed by atoms with Crippen molar-refractivity contribution in [3.8, 4) is 0 Å². The average molecular weight is 319 g/mol. The molecule has 1 saturated heterocycles. The van der Waals surface area contributed by atoms with Crippen molar-refractivity contribution in [1.82, 2.24) is 15.5 Å². The molecule has 0 bridgehead atoms. The van der Waals surface area contributed by atoms with E-state index >= 15 is 0 Å². The number of carbonyl (C=O) groups excluding carboxylic acids is 2. The number of amides is 3. The summed E-state index contributed by atoms with van der Waals surface area (Å²) in [5, 5.41) is 15.3. The Kier molecular flexibility index (Phi) is 6.55. The second-order valence-electron chi connectivity index (χ2n) is 5.88. The van der Waals surface area contributed by atoms with Gasteiger partial charge in [-0.1, -0.05) is 30.3 Å². The number of benzene rings is 1. The molecular weight excluding hydrogens is 294 g/mol. The Morgan fingerprint density at radius 2 is 1.91 bits per heavy atom. The second-order valence-corrected chi connectivity index (χ2v) is 5.88.